The van der Waals surface area contributed by atoms with E-state index < -0.39 is 0 Å². The molecule has 2 aliphatic rings. The van der Waals surface area contributed by atoms with Crippen LogP contribution in [0.25, 0.3) is 0 Å². The summed E-state index contributed by atoms with van der Waals surface area (Å²) >= 11 is 0. The zero-order chi connectivity index (χ0) is 18.8. The van der Waals surface area contributed by atoms with E-state index in [0.717, 1.165) is 19.6 Å². The van der Waals surface area contributed by atoms with E-state index in [2.05, 4.69) is 17.0 Å². The molecule has 5 nitrogen and oxygen atoms in total. The number of rotatable bonds is 5. The number of piperazine rings is 1. The standard InChI is InChI=1S/C22H26N2O3/c1-26-19-12-17(13-20(14-19)27-2)22(25)24-11-10-23(18-8-9-18)15-21(24)16-6-4-3-5-7-16/h3-7,12-14,18,21H,8-11,15H2,1-2H3. The highest BCUT2D eigenvalue weighted by Crippen LogP contribution is 2.34. The SMILES string of the molecule is COc1cc(OC)cc(C(=O)N2CCN(C3CC3)CC2c2ccccc2)c1. The second-order valence-corrected chi connectivity index (χ2v) is 7.25. The molecule has 1 amide bonds. The van der Waals surface area contributed by atoms with Crippen LogP contribution < -0.4 is 9.47 Å². The molecule has 1 heterocycles. The summed E-state index contributed by atoms with van der Waals surface area (Å²) in [6.45, 7) is 2.55. The van der Waals surface area contributed by atoms with E-state index in [1.54, 1.807) is 32.4 Å². The smallest absolute Gasteiger partial charge is 0.254 e. The molecule has 2 fully saturated rings. The molecular weight excluding hydrogens is 340 g/mol. The Balaban J connectivity index is 1.64. The van der Waals surface area contributed by atoms with Crippen LogP contribution in [0.4, 0.5) is 0 Å². The Morgan fingerprint density at radius 3 is 2.22 bits per heavy atom. The third-order valence-corrected chi connectivity index (χ3v) is 5.52. The Hall–Kier alpha value is -2.53. The van der Waals surface area contributed by atoms with Gasteiger partial charge in [-0.15, -0.1) is 0 Å². The van der Waals surface area contributed by atoms with Crippen LogP contribution in [0.5, 0.6) is 11.5 Å². The third kappa shape index (κ3) is 3.78. The summed E-state index contributed by atoms with van der Waals surface area (Å²) in [5.41, 5.74) is 1.79. The van der Waals surface area contributed by atoms with Crippen LogP contribution in [0.1, 0.15) is 34.8 Å². The maximum atomic E-state index is 13.4. The molecule has 2 aromatic carbocycles. The molecule has 1 saturated carbocycles. The molecule has 1 unspecified atom stereocenters. The van der Waals surface area contributed by atoms with E-state index in [-0.39, 0.29) is 11.9 Å². The van der Waals surface area contributed by atoms with Gasteiger partial charge in [0.05, 0.1) is 20.3 Å². The van der Waals surface area contributed by atoms with E-state index in [9.17, 15) is 4.79 Å². The summed E-state index contributed by atoms with van der Waals surface area (Å²) in [4.78, 5) is 17.9. The first kappa shape index (κ1) is 17.9. The first-order valence-electron chi connectivity index (χ1n) is 9.52. The highest BCUT2D eigenvalue weighted by atomic mass is 16.5. The molecule has 1 atom stereocenters. The average molecular weight is 366 g/mol. The van der Waals surface area contributed by atoms with Crippen LogP contribution in [0.2, 0.25) is 0 Å². The van der Waals surface area contributed by atoms with Crippen LogP contribution >= 0.6 is 0 Å². The highest BCUT2D eigenvalue weighted by molar-refractivity contribution is 5.95. The third-order valence-electron chi connectivity index (χ3n) is 5.52. The number of nitrogens with zero attached hydrogens (tertiary/aromatic N) is 2. The van der Waals surface area contributed by atoms with Crippen LogP contribution in [0.3, 0.4) is 0 Å². The van der Waals surface area contributed by atoms with Gasteiger partial charge in [0, 0.05) is 37.3 Å². The molecule has 0 bridgehead atoms. The lowest BCUT2D eigenvalue weighted by atomic mass is 10.0. The zero-order valence-electron chi connectivity index (χ0n) is 15.9. The summed E-state index contributed by atoms with van der Waals surface area (Å²) < 4.78 is 10.7. The minimum Gasteiger partial charge on any atom is -0.497 e. The molecular formula is C22H26N2O3. The first-order chi connectivity index (χ1) is 13.2. The van der Waals surface area contributed by atoms with Gasteiger partial charge >= 0.3 is 0 Å². The number of ether oxygens (including phenoxy) is 2. The molecule has 4 rings (SSSR count). The van der Waals surface area contributed by atoms with Gasteiger partial charge in [-0.05, 0) is 30.5 Å². The van der Waals surface area contributed by atoms with Gasteiger partial charge in [-0.3, -0.25) is 9.69 Å². The van der Waals surface area contributed by atoms with E-state index in [1.165, 1.54) is 18.4 Å². The van der Waals surface area contributed by atoms with Crippen LogP contribution in [-0.4, -0.2) is 55.6 Å². The highest BCUT2D eigenvalue weighted by Gasteiger charge is 2.38. The fourth-order valence-corrected chi connectivity index (χ4v) is 3.88. The molecule has 1 aliphatic carbocycles. The van der Waals surface area contributed by atoms with Gasteiger partial charge in [0.1, 0.15) is 11.5 Å². The molecule has 0 radical (unpaired) electrons. The number of amides is 1. The van der Waals surface area contributed by atoms with Crippen molar-refractivity contribution in [3.8, 4) is 11.5 Å². The minimum absolute atomic E-state index is 0.0245. The Kier molecular flexibility index (Phi) is 5.03. The molecule has 1 saturated heterocycles. The van der Waals surface area contributed by atoms with E-state index in [0.29, 0.717) is 23.1 Å². The Morgan fingerprint density at radius 2 is 1.63 bits per heavy atom. The Labute approximate surface area is 160 Å². The van der Waals surface area contributed by atoms with E-state index in [4.69, 9.17) is 9.47 Å². The molecule has 2 aromatic rings. The van der Waals surface area contributed by atoms with Crippen LogP contribution in [-0.2, 0) is 0 Å². The maximum absolute atomic E-state index is 13.4. The second kappa shape index (κ2) is 7.61. The number of hydrogen-bond donors (Lipinski definition) is 0. The van der Waals surface area contributed by atoms with Gasteiger partial charge in [-0.25, -0.2) is 0 Å². The van der Waals surface area contributed by atoms with Gasteiger partial charge in [0.15, 0.2) is 0 Å². The van der Waals surface area contributed by atoms with Gasteiger partial charge in [0.2, 0.25) is 0 Å². The molecule has 1 aliphatic heterocycles. The maximum Gasteiger partial charge on any atom is 0.254 e. The first-order valence-corrected chi connectivity index (χ1v) is 9.52. The van der Waals surface area contributed by atoms with Crippen LogP contribution in [0, 0.1) is 0 Å². The fourth-order valence-electron chi connectivity index (χ4n) is 3.88. The molecule has 0 N–H and O–H groups in total. The second-order valence-electron chi connectivity index (χ2n) is 7.25. The van der Waals surface area contributed by atoms with Gasteiger partial charge in [0.25, 0.3) is 5.91 Å². The quantitative estimate of drug-likeness (QED) is 0.814. The molecule has 142 valence electrons. The lowest BCUT2D eigenvalue weighted by Gasteiger charge is -2.42. The lowest BCUT2D eigenvalue weighted by molar-refractivity contribution is 0.0432. The zero-order valence-corrected chi connectivity index (χ0v) is 15.9. The largest absolute Gasteiger partial charge is 0.497 e. The monoisotopic (exact) mass is 366 g/mol. The summed E-state index contributed by atoms with van der Waals surface area (Å²) in [6.07, 6.45) is 2.56. The fraction of sp³-hybridized carbons (Fsp3) is 0.409. The normalized spacial score (nSPS) is 20.4. The minimum atomic E-state index is 0.0245. The number of carbonyl (C=O) groups is 1. The number of methoxy groups -OCH3 is 2. The summed E-state index contributed by atoms with van der Waals surface area (Å²) in [7, 11) is 3.20. The number of carbonyl (C=O) groups excluding carboxylic acids is 1. The Bertz CT molecular complexity index is 782. The van der Waals surface area contributed by atoms with Crippen molar-refractivity contribution in [1.82, 2.24) is 9.80 Å². The lowest BCUT2D eigenvalue weighted by Crippen LogP contribution is -2.51. The van der Waals surface area contributed by atoms with E-state index in [1.807, 2.05) is 23.1 Å². The van der Waals surface area contributed by atoms with Crippen LogP contribution in [0.15, 0.2) is 48.5 Å². The number of benzene rings is 2. The van der Waals surface area contributed by atoms with Crippen molar-refractivity contribution < 1.29 is 14.3 Å². The van der Waals surface area contributed by atoms with Crippen molar-refractivity contribution in [3.63, 3.8) is 0 Å². The van der Waals surface area contributed by atoms with Crippen molar-refractivity contribution in [2.24, 2.45) is 0 Å². The topological polar surface area (TPSA) is 42.0 Å². The number of hydrogen-bond acceptors (Lipinski definition) is 4. The van der Waals surface area contributed by atoms with Gasteiger partial charge in [-0.1, -0.05) is 30.3 Å². The van der Waals surface area contributed by atoms with Crippen molar-refractivity contribution in [2.75, 3.05) is 33.9 Å². The molecule has 0 spiro atoms. The predicted octanol–water partition coefficient (Wildman–Crippen LogP) is 3.37. The summed E-state index contributed by atoms with van der Waals surface area (Å²) in [6, 6.07) is 16.5. The van der Waals surface area contributed by atoms with Gasteiger partial charge in [-0.2, -0.15) is 0 Å². The summed E-state index contributed by atoms with van der Waals surface area (Å²) in [5.74, 6) is 1.28. The van der Waals surface area contributed by atoms with Crippen molar-refractivity contribution >= 4 is 5.91 Å². The molecule has 5 heteroatoms. The van der Waals surface area contributed by atoms with Crippen molar-refractivity contribution in [1.29, 1.82) is 0 Å². The van der Waals surface area contributed by atoms with E-state index >= 15 is 0 Å². The Morgan fingerprint density at radius 1 is 0.963 bits per heavy atom. The molecule has 0 aromatic heterocycles. The van der Waals surface area contributed by atoms with Gasteiger partial charge < -0.3 is 14.4 Å². The van der Waals surface area contributed by atoms with Crippen molar-refractivity contribution in [2.45, 2.75) is 24.9 Å². The van der Waals surface area contributed by atoms with Crippen molar-refractivity contribution in [3.05, 3.63) is 59.7 Å². The summed E-state index contributed by atoms with van der Waals surface area (Å²) in [5, 5.41) is 0. The average Bonchev–Trinajstić information content (AvgIpc) is 3.58. The predicted molar refractivity (Wildman–Crippen MR) is 104 cm³/mol. The molecule has 27 heavy (non-hydrogen) atoms.